The molecule has 1 amide bonds. The molecule has 0 bridgehead atoms. The summed E-state index contributed by atoms with van der Waals surface area (Å²) in [5, 5.41) is 0. The highest BCUT2D eigenvalue weighted by atomic mass is 16.5. The summed E-state index contributed by atoms with van der Waals surface area (Å²) in [6.07, 6.45) is 3.28. The molecule has 0 N–H and O–H groups in total. The summed E-state index contributed by atoms with van der Waals surface area (Å²) in [5.74, 6) is 0.764. The summed E-state index contributed by atoms with van der Waals surface area (Å²) in [5.41, 5.74) is 1.63. The predicted octanol–water partition coefficient (Wildman–Crippen LogP) is 2.49. The van der Waals surface area contributed by atoms with Crippen molar-refractivity contribution < 1.29 is 9.53 Å². The van der Waals surface area contributed by atoms with Crippen molar-refractivity contribution in [2.24, 2.45) is 7.05 Å². The van der Waals surface area contributed by atoms with Gasteiger partial charge in [0, 0.05) is 32.9 Å². The highest BCUT2D eigenvalue weighted by Gasteiger charge is 2.12. The quantitative estimate of drug-likeness (QED) is 0.734. The van der Waals surface area contributed by atoms with Crippen LogP contribution in [0.2, 0.25) is 0 Å². The third-order valence-electron chi connectivity index (χ3n) is 3.89. The van der Waals surface area contributed by atoms with Crippen LogP contribution in [0.15, 0.2) is 47.4 Å². The predicted molar refractivity (Wildman–Crippen MR) is 94.6 cm³/mol. The number of aromatic nitrogens is 1. The number of carbonyl (C=O) groups is 1. The normalized spacial score (nSPS) is 10.5. The monoisotopic (exact) mass is 328 g/mol. The van der Waals surface area contributed by atoms with E-state index in [1.54, 1.807) is 31.3 Å². The van der Waals surface area contributed by atoms with E-state index in [0.29, 0.717) is 18.7 Å². The van der Waals surface area contributed by atoms with Crippen LogP contribution in [0.3, 0.4) is 0 Å². The van der Waals surface area contributed by atoms with Crippen LogP contribution in [0.1, 0.15) is 29.3 Å². The van der Waals surface area contributed by atoms with E-state index in [2.05, 4.69) is 13.0 Å². The topological polar surface area (TPSA) is 51.5 Å². The summed E-state index contributed by atoms with van der Waals surface area (Å²) in [7, 11) is 3.39. The number of benzene rings is 1. The van der Waals surface area contributed by atoms with Gasteiger partial charge in [-0.15, -0.1) is 0 Å². The average molecular weight is 328 g/mol. The SMILES string of the molecule is CCc1cccc(OCCCN(C)C(=O)c2ccc(=O)n(C)c2)c1. The number of carbonyl (C=O) groups excluding carboxylic acids is 1. The number of hydrogen-bond acceptors (Lipinski definition) is 3. The minimum absolute atomic E-state index is 0.0985. The minimum atomic E-state index is -0.128. The first kappa shape index (κ1) is 17.8. The molecule has 128 valence electrons. The zero-order valence-corrected chi connectivity index (χ0v) is 14.5. The van der Waals surface area contributed by atoms with Crippen molar-refractivity contribution in [1.29, 1.82) is 0 Å². The third kappa shape index (κ3) is 4.72. The van der Waals surface area contributed by atoms with Gasteiger partial charge in [0.2, 0.25) is 5.56 Å². The Balaban J connectivity index is 1.81. The van der Waals surface area contributed by atoms with Crippen molar-refractivity contribution in [2.75, 3.05) is 20.2 Å². The Morgan fingerprint density at radius 1 is 1.25 bits per heavy atom. The second kappa shape index (κ2) is 8.34. The Kier molecular flexibility index (Phi) is 6.18. The van der Waals surface area contributed by atoms with Gasteiger partial charge in [0.25, 0.3) is 5.91 Å². The molecular weight excluding hydrogens is 304 g/mol. The van der Waals surface area contributed by atoms with Gasteiger partial charge >= 0.3 is 0 Å². The number of ether oxygens (including phenoxy) is 1. The van der Waals surface area contributed by atoms with Crippen molar-refractivity contribution in [2.45, 2.75) is 19.8 Å². The summed E-state index contributed by atoms with van der Waals surface area (Å²) < 4.78 is 7.14. The highest BCUT2D eigenvalue weighted by molar-refractivity contribution is 5.93. The van der Waals surface area contributed by atoms with Gasteiger partial charge in [0.05, 0.1) is 12.2 Å². The number of nitrogens with zero attached hydrogens (tertiary/aromatic N) is 2. The van der Waals surface area contributed by atoms with E-state index in [9.17, 15) is 9.59 Å². The molecule has 2 rings (SSSR count). The highest BCUT2D eigenvalue weighted by Crippen LogP contribution is 2.14. The molecule has 0 unspecified atom stereocenters. The van der Waals surface area contributed by atoms with Gasteiger partial charge in [-0.3, -0.25) is 9.59 Å². The first-order chi connectivity index (χ1) is 11.5. The lowest BCUT2D eigenvalue weighted by molar-refractivity contribution is 0.0787. The molecule has 0 aliphatic rings. The van der Waals surface area contributed by atoms with Crippen molar-refractivity contribution in [3.63, 3.8) is 0 Å². The van der Waals surface area contributed by atoms with Crippen LogP contribution in [0.25, 0.3) is 0 Å². The number of rotatable bonds is 7. The number of hydrogen-bond donors (Lipinski definition) is 0. The lowest BCUT2D eigenvalue weighted by Crippen LogP contribution is -2.30. The fourth-order valence-electron chi connectivity index (χ4n) is 2.39. The Hall–Kier alpha value is -2.56. The average Bonchev–Trinajstić information content (AvgIpc) is 2.60. The summed E-state index contributed by atoms with van der Waals surface area (Å²) in [4.78, 5) is 25.3. The summed E-state index contributed by atoms with van der Waals surface area (Å²) in [6, 6.07) is 11.0. The minimum Gasteiger partial charge on any atom is -0.494 e. The second-order valence-corrected chi connectivity index (χ2v) is 5.80. The van der Waals surface area contributed by atoms with Crippen molar-refractivity contribution in [1.82, 2.24) is 9.47 Å². The molecular formula is C19H24N2O3. The fourth-order valence-corrected chi connectivity index (χ4v) is 2.39. The molecule has 5 heteroatoms. The van der Waals surface area contributed by atoms with Gasteiger partial charge in [0.15, 0.2) is 0 Å². The lowest BCUT2D eigenvalue weighted by Gasteiger charge is -2.17. The van der Waals surface area contributed by atoms with Gasteiger partial charge in [0.1, 0.15) is 5.75 Å². The van der Waals surface area contributed by atoms with E-state index < -0.39 is 0 Å². The number of pyridine rings is 1. The van der Waals surface area contributed by atoms with Crippen LogP contribution >= 0.6 is 0 Å². The molecule has 0 aliphatic heterocycles. The van der Waals surface area contributed by atoms with Crippen LogP contribution in [0, 0.1) is 0 Å². The zero-order valence-electron chi connectivity index (χ0n) is 14.5. The first-order valence-corrected chi connectivity index (χ1v) is 8.15. The maximum Gasteiger partial charge on any atom is 0.255 e. The Morgan fingerprint density at radius 3 is 2.75 bits per heavy atom. The molecule has 0 radical (unpaired) electrons. The van der Waals surface area contributed by atoms with Gasteiger partial charge in [-0.2, -0.15) is 0 Å². The van der Waals surface area contributed by atoms with Gasteiger partial charge in [-0.1, -0.05) is 19.1 Å². The third-order valence-corrected chi connectivity index (χ3v) is 3.89. The summed E-state index contributed by atoms with van der Waals surface area (Å²) in [6.45, 7) is 3.26. The van der Waals surface area contributed by atoms with Crippen LogP contribution < -0.4 is 10.3 Å². The van der Waals surface area contributed by atoms with Gasteiger partial charge < -0.3 is 14.2 Å². The second-order valence-electron chi connectivity index (χ2n) is 5.80. The molecule has 0 atom stereocenters. The molecule has 5 nitrogen and oxygen atoms in total. The van der Waals surface area contributed by atoms with Crippen molar-refractivity contribution in [3.05, 3.63) is 64.1 Å². The van der Waals surface area contributed by atoms with E-state index in [4.69, 9.17) is 4.74 Å². The smallest absolute Gasteiger partial charge is 0.255 e. The van der Waals surface area contributed by atoms with Gasteiger partial charge in [-0.25, -0.2) is 0 Å². The van der Waals surface area contributed by atoms with Crippen LogP contribution in [0.4, 0.5) is 0 Å². The molecule has 0 fully saturated rings. The molecule has 1 aromatic carbocycles. The van der Waals surface area contributed by atoms with Crippen LogP contribution in [-0.4, -0.2) is 35.6 Å². The van der Waals surface area contributed by atoms with E-state index in [-0.39, 0.29) is 11.5 Å². The van der Waals surface area contributed by atoms with E-state index in [1.807, 2.05) is 18.2 Å². The molecule has 0 aliphatic carbocycles. The number of amides is 1. The van der Waals surface area contributed by atoms with Crippen LogP contribution in [-0.2, 0) is 13.5 Å². The first-order valence-electron chi connectivity index (χ1n) is 8.15. The largest absolute Gasteiger partial charge is 0.494 e. The van der Waals surface area contributed by atoms with Crippen molar-refractivity contribution >= 4 is 5.91 Å². The van der Waals surface area contributed by atoms with E-state index >= 15 is 0 Å². The molecule has 1 heterocycles. The molecule has 0 saturated carbocycles. The molecule has 0 saturated heterocycles. The Morgan fingerprint density at radius 2 is 2.04 bits per heavy atom. The maximum atomic E-state index is 12.3. The summed E-state index contributed by atoms with van der Waals surface area (Å²) >= 11 is 0. The molecule has 2 aromatic rings. The van der Waals surface area contributed by atoms with E-state index in [0.717, 1.165) is 18.6 Å². The van der Waals surface area contributed by atoms with Gasteiger partial charge in [-0.05, 0) is 36.6 Å². The fraction of sp³-hybridized carbons (Fsp3) is 0.368. The molecule has 24 heavy (non-hydrogen) atoms. The van der Waals surface area contributed by atoms with Crippen molar-refractivity contribution in [3.8, 4) is 5.75 Å². The maximum absolute atomic E-state index is 12.3. The lowest BCUT2D eigenvalue weighted by atomic mass is 10.2. The van der Waals surface area contributed by atoms with E-state index in [1.165, 1.54) is 16.2 Å². The zero-order chi connectivity index (χ0) is 17.5. The molecule has 0 spiro atoms. The Labute approximate surface area is 142 Å². The Bertz CT molecular complexity index is 752. The standard InChI is InChI=1S/C19H24N2O3/c1-4-15-7-5-8-17(13-15)24-12-6-11-20(2)19(23)16-9-10-18(22)21(3)14-16/h5,7-10,13-14H,4,6,11-12H2,1-3H3. The molecule has 1 aromatic heterocycles. The van der Waals surface area contributed by atoms with Crippen LogP contribution in [0.5, 0.6) is 5.75 Å². The number of aryl methyl sites for hydroxylation is 2.